The number of amides is 1. The maximum absolute atomic E-state index is 12.7. The van der Waals surface area contributed by atoms with Gasteiger partial charge in [-0.15, -0.1) is 0 Å². The van der Waals surface area contributed by atoms with Crippen LogP contribution in [0.25, 0.3) is 0 Å². The summed E-state index contributed by atoms with van der Waals surface area (Å²) in [6, 6.07) is 7.42. The van der Waals surface area contributed by atoms with Crippen LogP contribution in [0.3, 0.4) is 0 Å². The predicted molar refractivity (Wildman–Crippen MR) is 97.6 cm³/mol. The monoisotopic (exact) mass is 416 g/mol. The van der Waals surface area contributed by atoms with Crippen LogP contribution in [0, 0.1) is 0 Å². The molecule has 0 aliphatic carbocycles. The van der Waals surface area contributed by atoms with E-state index in [1.165, 1.54) is 12.1 Å². The minimum absolute atomic E-state index is 0.114. The van der Waals surface area contributed by atoms with Crippen molar-refractivity contribution in [1.82, 2.24) is 5.32 Å². The first-order valence-electron chi connectivity index (χ1n) is 7.63. The molecule has 1 heterocycles. The molecule has 5 nitrogen and oxygen atoms in total. The third-order valence-corrected chi connectivity index (χ3v) is 4.09. The first-order valence-corrected chi connectivity index (χ1v) is 8.41. The van der Waals surface area contributed by atoms with E-state index in [9.17, 15) is 18.0 Å². The van der Waals surface area contributed by atoms with E-state index in [-0.39, 0.29) is 21.4 Å². The summed E-state index contributed by atoms with van der Waals surface area (Å²) in [7, 11) is 0. The number of anilines is 1. The zero-order valence-corrected chi connectivity index (χ0v) is 15.1. The van der Waals surface area contributed by atoms with Gasteiger partial charge in [0, 0.05) is 5.56 Å². The standard InChI is InChI=1S/C17H12ClF3N2O3S/c18-11-8-10(17(19,20)21)2-3-12(11)22-16(27)23-15(24)9-1-4-13-14(7-9)26-6-5-25-13/h1-4,7-8H,5-6H2,(H2,22,23,24,27). The van der Waals surface area contributed by atoms with Crippen LogP contribution in [-0.4, -0.2) is 24.2 Å². The summed E-state index contributed by atoms with van der Waals surface area (Å²) in [6.45, 7) is 0.810. The van der Waals surface area contributed by atoms with Crippen LogP contribution >= 0.6 is 23.8 Å². The van der Waals surface area contributed by atoms with Crippen molar-refractivity contribution in [3.05, 3.63) is 52.5 Å². The van der Waals surface area contributed by atoms with Crippen LogP contribution in [0.15, 0.2) is 36.4 Å². The number of hydrogen-bond acceptors (Lipinski definition) is 4. The van der Waals surface area contributed by atoms with Crippen molar-refractivity contribution in [1.29, 1.82) is 0 Å². The van der Waals surface area contributed by atoms with E-state index in [4.69, 9.17) is 33.3 Å². The first-order chi connectivity index (χ1) is 12.7. The Balaban J connectivity index is 1.66. The van der Waals surface area contributed by atoms with Gasteiger partial charge in [0.2, 0.25) is 0 Å². The quantitative estimate of drug-likeness (QED) is 0.716. The summed E-state index contributed by atoms with van der Waals surface area (Å²) < 4.78 is 48.8. The molecule has 0 unspecified atom stereocenters. The molecule has 0 spiro atoms. The first kappa shape index (κ1) is 19.2. The lowest BCUT2D eigenvalue weighted by molar-refractivity contribution is -0.137. The molecule has 0 radical (unpaired) electrons. The van der Waals surface area contributed by atoms with Crippen LogP contribution in [0.1, 0.15) is 15.9 Å². The Hall–Kier alpha value is -2.52. The molecule has 27 heavy (non-hydrogen) atoms. The van der Waals surface area contributed by atoms with E-state index in [0.29, 0.717) is 24.7 Å². The molecule has 10 heteroatoms. The molecule has 0 atom stereocenters. The van der Waals surface area contributed by atoms with Gasteiger partial charge in [0.15, 0.2) is 16.6 Å². The summed E-state index contributed by atoms with van der Waals surface area (Å²) in [5, 5.41) is 4.73. The maximum Gasteiger partial charge on any atom is 0.416 e. The van der Waals surface area contributed by atoms with Gasteiger partial charge in [0.1, 0.15) is 13.2 Å². The molecule has 0 fully saturated rings. The smallest absolute Gasteiger partial charge is 0.416 e. The minimum atomic E-state index is -4.50. The number of ether oxygens (including phenoxy) is 2. The fraction of sp³-hybridized carbons (Fsp3) is 0.176. The van der Waals surface area contributed by atoms with Crippen molar-refractivity contribution in [2.24, 2.45) is 0 Å². The summed E-state index contributed by atoms with van der Waals surface area (Å²) in [5.41, 5.74) is -0.469. The zero-order valence-electron chi connectivity index (χ0n) is 13.5. The molecule has 0 bridgehead atoms. The Kier molecular flexibility index (Phi) is 5.43. The van der Waals surface area contributed by atoms with Gasteiger partial charge in [-0.25, -0.2) is 0 Å². The molecule has 0 saturated heterocycles. The molecular formula is C17H12ClF3N2O3S. The number of alkyl halides is 3. The number of carbonyl (C=O) groups is 1. The van der Waals surface area contributed by atoms with E-state index in [2.05, 4.69) is 10.6 Å². The highest BCUT2D eigenvalue weighted by Gasteiger charge is 2.31. The van der Waals surface area contributed by atoms with E-state index in [1.807, 2.05) is 0 Å². The molecule has 1 amide bonds. The topological polar surface area (TPSA) is 59.6 Å². The summed E-state index contributed by atoms with van der Waals surface area (Å²) in [6.07, 6.45) is -4.50. The second-order valence-corrected chi connectivity index (χ2v) is 6.27. The molecule has 1 aliphatic rings. The average molecular weight is 417 g/mol. The Morgan fingerprint density at radius 3 is 2.44 bits per heavy atom. The molecule has 0 saturated carbocycles. The van der Waals surface area contributed by atoms with Crippen molar-refractivity contribution in [3.63, 3.8) is 0 Å². The molecule has 3 rings (SSSR count). The van der Waals surface area contributed by atoms with Gasteiger partial charge in [-0.1, -0.05) is 11.6 Å². The van der Waals surface area contributed by atoms with Crippen molar-refractivity contribution in [2.45, 2.75) is 6.18 Å². The largest absolute Gasteiger partial charge is 0.486 e. The lowest BCUT2D eigenvalue weighted by atomic mass is 10.2. The number of carbonyl (C=O) groups excluding carboxylic acids is 1. The minimum Gasteiger partial charge on any atom is -0.486 e. The van der Waals surface area contributed by atoms with E-state index in [0.717, 1.165) is 18.2 Å². The predicted octanol–water partition coefficient (Wildman–Crippen LogP) is 4.26. The Morgan fingerprint density at radius 1 is 1.07 bits per heavy atom. The molecule has 2 N–H and O–H groups in total. The fourth-order valence-corrected chi connectivity index (χ4v) is 2.74. The second kappa shape index (κ2) is 7.61. The van der Waals surface area contributed by atoms with Crippen LogP contribution in [0.4, 0.5) is 18.9 Å². The van der Waals surface area contributed by atoms with Gasteiger partial charge in [-0.3, -0.25) is 10.1 Å². The number of benzene rings is 2. The Morgan fingerprint density at radius 2 is 1.78 bits per heavy atom. The normalized spacial score (nSPS) is 13.0. The number of nitrogens with one attached hydrogen (secondary N) is 2. The third kappa shape index (κ3) is 4.61. The molecule has 2 aromatic carbocycles. The van der Waals surface area contributed by atoms with Crippen molar-refractivity contribution >= 4 is 40.5 Å². The third-order valence-electron chi connectivity index (χ3n) is 3.58. The van der Waals surface area contributed by atoms with Gasteiger partial charge in [0.25, 0.3) is 5.91 Å². The second-order valence-electron chi connectivity index (χ2n) is 5.46. The number of halogens is 4. The summed E-state index contributed by atoms with van der Waals surface area (Å²) >= 11 is 10.9. The molecule has 0 aromatic heterocycles. The Labute approximate surface area is 162 Å². The summed E-state index contributed by atoms with van der Waals surface area (Å²) in [5.74, 6) is 0.459. The highest BCUT2D eigenvalue weighted by atomic mass is 35.5. The maximum atomic E-state index is 12.7. The highest BCUT2D eigenvalue weighted by molar-refractivity contribution is 7.80. The number of hydrogen-bond donors (Lipinski definition) is 2. The van der Waals surface area contributed by atoms with Gasteiger partial charge in [0.05, 0.1) is 16.3 Å². The van der Waals surface area contributed by atoms with Gasteiger partial charge in [-0.2, -0.15) is 13.2 Å². The van der Waals surface area contributed by atoms with Crippen LogP contribution in [0.2, 0.25) is 5.02 Å². The molecule has 2 aromatic rings. The fourth-order valence-electron chi connectivity index (χ4n) is 2.31. The number of thiocarbonyl (C=S) groups is 1. The average Bonchev–Trinajstić information content (AvgIpc) is 2.62. The van der Waals surface area contributed by atoms with Gasteiger partial charge >= 0.3 is 6.18 Å². The lowest BCUT2D eigenvalue weighted by Gasteiger charge is -2.19. The highest BCUT2D eigenvalue weighted by Crippen LogP contribution is 2.34. The van der Waals surface area contributed by atoms with E-state index >= 15 is 0 Å². The Bertz CT molecular complexity index is 905. The summed E-state index contributed by atoms with van der Waals surface area (Å²) in [4.78, 5) is 12.3. The molecule has 142 valence electrons. The van der Waals surface area contributed by atoms with Gasteiger partial charge < -0.3 is 14.8 Å². The molecule has 1 aliphatic heterocycles. The van der Waals surface area contributed by atoms with Crippen LogP contribution < -0.4 is 20.1 Å². The SMILES string of the molecule is O=C(NC(=S)Nc1ccc(C(F)(F)F)cc1Cl)c1ccc2c(c1)OCCO2. The lowest BCUT2D eigenvalue weighted by Crippen LogP contribution is -2.34. The van der Waals surface area contributed by atoms with Crippen LogP contribution in [-0.2, 0) is 6.18 Å². The number of rotatable bonds is 2. The van der Waals surface area contributed by atoms with Crippen molar-refractivity contribution < 1.29 is 27.4 Å². The van der Waals surface area contributed by atoms with E-state index < -0.39 is 17.6 Å². The van der Waals surface area contributed by atoms with Gasteiger partial charge in [-0.05, 0) is 48.6 Å². The van der Waals surface area contributed by atoms with Crippen LogP contribution in [0.5, 0.6) is 11.5 Å². The number of fused-ring (bicyclic) bond motifs is 1. The zero-order chi connectivity index (χ0) is 19.6. The van der Waals surface area contributed by atoms with Crippen molar-refractivity contribution in [3.8, 4) is 11.5 Å². The van der Waals surface area contributed by atoms with Crippen molar-refractivity contribution in [2.75, 3.05) is 18.5 Å². The molecular weight excluding hydrogens is 405 g/mol. The van der Waals surface area contributed by atoms with E-state index in [1.54, 1.807) is 6.07 Å².